The molecule has 0 saturated heterocycles. The van der Waals surface area contributed by atoms with Gasteiger partial charge in [0.15, 0.2) is 0 Å². The molecule has 0 bridgehead atoms. The van der Waals surface area contributed by atoms with Gasteiger partial charge < -0.3 is 10.8 Å². The zero-order chi connectivity index (χ0) is 11.3. The third kappa shape index (κ3) is 2.58. The summed E-state index contributed by atoms with van der Waals surface area (Å²) in [6.07, 6.45) is 4.31. The molecule has 1 aromatic rings. The van der Waals surface area contributed by atoms with Crippen molar-refractivity contribution in [3.05, 3.63) is 18.0 Å². The molecule has 1 heterocycles. The van der Waals surface area contributed by atoms with Crippen molar-refractivity contribution < 1.29 is 5.11 Å². The van der Waals surface area contributed by atoms with Crippen LogP contribution in [0.2, 0.25) is 0 Å². The van der Waals surface area contributed by atoms with Crippen molar-refractivity contribution in [1.29, 1.82) is 0 Å². The summed E-state index contributed by atoms with van der Waals surface area (Å²) >= 11 is 0. The molecule has 4 heteroatoms. The molecule has 1 aromatic heterocycles. The van der Waals surface area contributed by atoms with Crippen LogP contribution in [0, 0.1) is 0 Å². The van der Waals surface area contributed by atoms with Gasteiger partial charge in [-0.3, -0.25) is 4.68 Å². The maximum atomic E-state index is 10.4. The van der Waals surface area contributed by atoms with E-state index in [9.17, 15) is 5.11 Å². The summed E-state index contributed by atoms with van der Waals surface area (Å²) in [7, 11) is 0. The molecule has 15 heavy (non-hydrogen) atoms. The van der Waals surface area contributed by atoms with Crippen molar-refractivity contribution in [1.82, 2.24) is 9.78 Å². The molecule has 0 radical (unpaired) electrons. The topological polar surface area (TPSA) is 64.1 Å². The SMILES string of the molecule is CCCn1nccc1C(O)(CN)CCC. The normalized spacial score (nSPS) is 15.2. The van der Waals surface area contributed by atoms with Gasteiger partial charge in [-0.2, -0.15) is 5.10 Å². The van der Waals surface area contributed by atoms with Crippen LogP contribution in [0.4, 0.5) is 0 Å². The lowest BCUT2D eigenvalue weighted by atomic mass is 9.94. The number of nitrogens with two attached hydrogens (primary N) is 1. The third-order valence-corrected chi connectivity index (χ3v) is 2.63. The zero-order valence-corrected chi connectivity index (χ0v) is 9.61. The van der Waals surface area contributed by atoms with E-state index in [1.165, 1.54) is 0 Å². The first-order valence-corrected chi connectivity index (χ1v) is 5.62. The van der Waals surface area contributed by atoms with Crippen molar-refractivity contribution in [2.45, 2.75) is 45.3 Å². The smallest absolute Gasteiger partial charge is 0.118 e. The molecule has 1 atom stereocenters. The summed E-state index contributed by atoms with van der Waals surface area (Å²) in [6, 6.07) is 1.86. The molecular formula is C11H21N3O. The largest absolute Gasteiger partial charge is 0.382 e. The number of hydrogen-bond donors (Lipinski definition) is 2. The van der Waals surface area contributed by atoms with Gasteiger partial charge in [0.1, 0.15) is 5.60 Å². The zero-order valence-electron chi connectivity index (χ0n) is 9.61. The van der Waals surface area contributed by atoms with E-state index in [4.69, 9.17) is 5.73 Å². The van der Waals surface area contributed by atoms with Gasteiger partial charge in [-0.05, 0) is 18.9 Å². The predicted molar refractivity (Wildman–Crippen MR) is 60.4 cm³/mol. The van der Waals surface area contributed by atoms with Gasteiger partial charge in [-0.25, -0.2) is 0 Å². The minimum absolute atomic E-state index is 0.246. The summed E-state index contributed by atoms with van der Waals surface area (Å²) in [5.41, 5.74) is 5.58. The van der Waals surface area contributed by atoms with Crippen LogP contribution in [0.1, 0.15) is 38.8 Å². The lowest BCUT2D eigenvalue weighted by Gasteiger charge is -2.26. The molecule has 0 fully saturated rings. The Labute approximate surface area is 91.1 Å². The minimum atomic E-state index is -0.916. The number of rotatable bonds is 6. The van der Waals surface area contributed by atoms with Crippen LogP contribution in [-0.2, 0) is 12.1 Å². The predicted octanol–water partition coefficient (Wildman–Crippen LogP) is 1.24. The molecule has 1 unspecified atom stereocenters. The van der Waals surface area contributed by atoms with Crippen LogP contribution in [0.3, 0.4) is 0 Å². The van der Waals surface area contributed by atoms with Gasteiger partial charge in [0.25, 0.3) is 0 Å². The van der Waals surface area contributed by atoms with E-state index in [-0.39, 0.29) is 6.54 Å². The van der Waals surface area contributed by atoms with Crippen LogP contribution >= 0.6 is 0 Å². The van der Waals surface area contributed by atoms with E-state index >= 15 is 0 Å². The molecule has 4 nitrogen and oxygen atoms in total. The van der Waals surface area contributed by atoms with Gasteiger partial charge in [0.2, 0.25) is 0 Å². The summed E-state index contributed by atoms with van der Waals surface area (Å²) in [5, 5.41) is 14.6. The van der Waals surface area contributed by atoms with E-state index in [0.717, 1.165) is 25.1 Å². The summed E-state index contributed by atoms with van der Waals surface area (Å²) < 4.78 is 1.85. The first-order chi connectivity index (χ1) is 7.18. The molecule has 0 spiro atoms. The van der Waals surface area contributed by atoms with Gasteiger partial charge >= 0.3 is 0 Å². The average Bonchev–Trinajstić information content (AvgIpc) is 2.67. The van der Waals surface area contributed by atoms with Crippen LogP contribution in [0.5, 0.6) is 0 Å². The molecule has 0 aliphatic heterocycles. The number of nitrogens with zero attached hydrogens (tertiary/aromatic N) is 2. The fraction of sp³-hybridized carbons (Fsp3) is 0.727. The van der Waals surface area contributed by atoms with E-state index in [1.54, 1.807) is 6.20 Å². The van der Waals surface area contributed by atoms with Crippen molar-refractivity contribution in [2.24, 2.45) is 5.73 Å². The molecule has 0 aromatic carbocycles. The second kappa shape index (κ2) is 5.28. The highest BCUT2D eigenvalue weighted by atomic mass is 16.3. The van der Waals surface area contributed by atoms with Crippen LogP contribution < -0.4 is 5.73 Å². The second-order valence-corrected chi connectivity index (χ2v) is 3.93. The number of aromatic nitrogens is 2. The Balaban J connectivity index is 2.95. The standard InChI is InChI=1S/C11H21N3O/c1-3-6-11(15,9-12)10-5-7-13-14(10)8-4-2/h5,7,15H,3-4,6,8-9,12H2,1-2H3. The van der Waals surface area contributed by atoms with E-state index < -0.39 is 5.60 Å². The lowest BCUT2D eigenvalue weighted by molar-refractivity contribution is 0.0267. The third-order valence-electron chi connectivity index (χ3n) is 2.63. The molecule has 0 aliphatic rings. The maximum Gasteiger partial charge on any atom is 0.118 e. The van der Waals surface area contributed by atoms with E-state index in [0.29, 0.717) is 6.42 Å². The highest BCUT2D eigenvalue weighted by Crippen LogP contribution is 2.25. The van der Waals surface area contributed by atoms with Crippen molar-refractivity contribution in [3.63, 3.8) is 0 Å². The number of aliphatic hydroxyl groups is 1. The Kier molecular flexibility index (Phi) is 4.29. The van der Waals surface area contributed by atoms with Gasteiger partial charge in [-0.15, -0.1) is 0 Å². The summed E-state index contributed by atoms with van der Waals surface area (Å²) in [5.74, 6) is 0. The van der Waals surface area contributed by atoms with Gasteiger partial charge in [0.05, 0.1) is 5.69 Å². The molecule has 0 aliphatic carbocycles. The average molecular weight is 211 g/mol. The molecule has 0 amide bonds. The van der Waals surface area contributed by atoms with E-state index in [2.05, 4.69) is 12.0 Å². The Morgan fingerprint density at radius 1 is 1.47 bits per heavy atom. The fourth-order valence-electron chi connectivity index (χ4n) is 1.87. The Morgan fingerprint density at radius 2 is 2.20 bits per heavy atom. The molecule has 0 saturated carbocycles. The molecule has 3 N–H and O–H groups in total. The number of hydrogen-bond acceptors (Lipinski definition) is 3. The van der Waals surface area contributed by atoms with Gasteiger partial charge in [0, 0.05) is 19.3 Å². The fourth-order valence-corrected chi connectivity index (χ4v) is 1.87. The second-order valence-electron chi connectivity index (χ2n) is 3.93. The first kappa shape index (κ1) is 12.2. The highest BCUT2D eigenvalue weighted by molar-refractivity contribution is 5.12. The lowest BCUT2D eigenvalue weighted by Crippen LogP contribution is -2.37. The Morgan fingerprint density at radius 3 is 2.73 bits per heavy atom. The van der Waals surface area contributed by atoms with Crippen molar-refractivity contribution in [2.75, 3.05) is 6.54 Å². The number of aryl methyl sites for hydroxylation is 1. The Bertz CT molecular complexity index is 298. The Hall–Kier alpha value is -0.870. The monoisotopic (exact) mass is 211 g/mol. The van der Waals surface area contributed by atoms with Crippen LogP contribution in [0.25, 0.3) is 0 Å². The summed E-state index contributed by atoms with van der Waals surface area (Å²) in [6.45, 7) is 5.21. The van der Waals surface area contributed by atoms with Crippen molar-refractivity contribution in [3.8, 4) is 0 Å². The highest BCUT2D eigenvalue weighted by Gasteiger charge is 2.29. The summed E-state index contributed by atoms with van der Waals surface area (Å²) in [4.78, 5) is 0. The molecular weight excluding hydrogens is 190 g/mol. The van der Waals surface area contributed by atoms with Gasteiger partial charge in [-0.1, -0.05) is 20.3 Å². The maximum absolute atomic E-state index is 10.4. The molecule has 86 valence electrons. The minimum Gasteiger partial charge on any atom is -0.382 e. The molecule has 1 rings (SSSR count). The quantitative estimate of drug-likeness (QED) is 0.744. The van der Waals surface area contributed by atoms with Crippen molar-refractivity contribution >= 4 is 0 Å². The van der Waals surface area contributed by atoms with Crippen LogP contribution in [-0.4, -0.2) is 21.4 Å². The van der Waals surface area contributed by atoms with E-state index in [1.807, 2.05) is 17.7 Å². The first-order valence-electron chi connectivity index (χ1n) is 5.62. The van der Waals surface area contributed by atoms with Crippen LogP contribution in [0.15, 0.2) is 12.3 Å².